The predicted octanol–water partition coefficient (Wildman–Crippen LogP) is 3.49. The predicted molar refractivity (Wildman–Crippen MR) is 110 cm³/mol. The number of nitrogens with zero attached hydrogens (tertiary/aromatic N) is 3. The number of aromatic nitrogens is 2. The molecule has 0 radical (unpaired) electrons. The van der Waals surface area contributed by atoms with Crippen molar-refractivity contribution in [2.24, 2.45) is 0 Å². The van der Waals surface area contributed by atoms with Crippen LogP contribution in [-0.2, 0) is 13.1 Å². The highest BCUT2D eigenvalue weighted by molar-refractivity contribution is 5.82. The van der Waals surface area contributed by atoms with Crippen molar-refractivity contribution < 1.29 is 0 Å². The molecule has 2 heterocycles. The van der Waals surface area contributed by atoms with Crippen molar-refractivity contribution in [2.45, 2.75) is 38.9 Å². The van der Waals surface area contributed by atoms with E-state index in [4.69, 9.17) is 0 Å². The number of rotatable bonds is 5. The zero-order valence-corrected chi connectivity index (χ0v) is 15.8. The number of hydrogen-bond donors (Lipinski definition) is 1. The standard InChI is InChI=1S/C22H26N4O/c1-2-26-14-11-23-21(22(26)27)24-20-9-12-25(13-10-20)16-17-7-8-18-5-3-4-6-19(18)15-17/h3-8,11,14-15,20H,2,9-10,12-13,16H2,1H3,(H,23,24). The van der Waals surface area contributed by atoms with Crippen LogP contribution in [0.2, 0.25) is 0 Å². The van der Waals surface area contributed by atoms with Crippen LogP contribution in [0.3, 0.4) is 0 Å². The normalized spacial score (nSPS) is 15.9. The van der Waals surface area contributed by atoms with Crippen LogP contribution >= 0.6 is 0 Å². The van der Waals surface area contributed by atoms with E-state index in [1.54, 1.807) is 17.0 Å². The Morgan fingerprint density at radius 2 is 1.89 bits per heavy atom. The Balaban J connectivity index is 1.35. The summed E-state index contributed by atoms with van der Waals surface area (Å²) in [6, 6.07) is 15.5. The summed E-state index contributed by atoms with van der Waals surface area (Å²) in [5, 5.41) is 5.95. The molecule has 0 bridgehead atoms. The average Bonchev–Trinajstić information content (AvgIpc) is 2.71. The van der Waals surface area contributed by atoms with Crippen LogP contribution in [0.25, 0.3) is 10.8 Å². The third-order valence-corrected chi connectivity index (χ3v) is 5.40. The zero-order chi connectivity index (χ0) is 18.6. The summed E-state index contributed by atoms with van der Waals surface area (Å²) < 4.78 is 1.68. The lowest BCUT2D eigenvalue weighted by molar-refractivity contribution is 0.211. The quantitative estimate of drug-likeness (QED) is 0.755. The second-order valence-electron chi connectivity index (χ2n) is 7.24. The van der Waals surface area contributed by atoms with Gasteiger partial charge < -0.3 is 9.88 Å². The number of piperidine rings is 1. The first-order valence-corrected chi connectivity index (χ1v) is 9.75. The number of nitrogens with one attached hydrogen (secondary N) is 1. The Hall–Kier alpha value is -2.66. The van der Waals surface area contributed by atoms with Crippen molar-refractivity contribution in [3.63, 3.8) is 0 Å². The molecule has 5 heteroatoms. The summed E-state index contributed by atoms with van der Waals surface area (Å²) >= 11 is 0. The Morgan fingerprint density at radius 1 is 1.11 bits per heavy atom. The molecule has 1 aromatic heterocycles. The van der Waals surface area contributed by atoms with Gasteiger partial charge in [0.05, 0.1) is 0 Å². The number of aryl methyl sites for hydroxylation is 1. The molecule has 0 amide bonds. The monoisotopic (exact) mass is 362 g/mol. The smallest absolute Gasteiger partial charge is 0.293 e. The van der Waals surface area contributed by atoms with Gasteiger partial charge in [-0.05, 0) is 42.2 Å². The molecular weight excluding hydrogens is 336 g/mol. The first-order chi connectivity index (χ1) is 13.2. The van der Waals surface area contributed by atoms with Crippen molar-refractivity contribution in [1.82, 2.24) is 14.5 Å². The van der Waals surface area contributed by atoms with E-state index in [0.29, 0.717) is 18.4 Å². The number of fused-ring (bicyclic) bond motifs is 1. The molecule has 5 nitrogen and oxygen atoms in total. The van der Waals surface area contributed by atoms with Crippen LogP contribution in [0, 0.1) is 0 Å². The van der Waals surface area contributed by atoms with Gasteiger partial charge in [-0.25, -0.2) is 4.98 Å². The van der Waals surface area contributed by atoms with Gasteiger partial charge in [0.1, 0.15) is 0 Å². The van der Waals surface area contributed by atoms with Gasteiger partial charge >= 0.3 is 0 Å². The fourth-order valence-electron chi connectivity index (χ4n) is 3.82. The minimum atomic E-state index is -0.0291. The minimum absolute atomic E-state index is 0.0291. The molecule has 1 saturated heterocycles. The fourth-order valence-corrected chi connectivity index (χ4v) is 3.82. The highest BCUT2D eigenvalue weighted by atomic mass is 16.1. The van der Waals surface area contributed by atoms with Gasteiger partial charge in [0.15, 0.2) is 5.82 Å². The summed E-state index contributed by atoms with van der Waals surface area (Å²) in [5.74, 6) is 0.479. The van der Waals surface area contributed by atoms with Crippen LogP contribution in [0.15, 0.2) is 59.7 Å². The molecular formula is C22H26N4O. The van der Waals surface area contributed by atoms with E-state index in [9.17, 15) is 4.79 Å². The van der Waals surface area contributed by atoms with E-state index in [0.717, 1.165) is 32.5 Å². The van der Waals surface area contributed by atoms with Gasteiger partial charge in [0.2, 0.25) is 0 Å². The van der Waals surface area contributed by atoms with Crippen LogP contribution in [-0.4, -0.2) is 33.6 Å². The molecule has 1 aliphatic rings. The van der Waals surface area contributed by atoms with E-state index in [-0.39, 0.29) is 5.56 Å². The molecule has 1 N–H and O–H groups in total. The maximum absolute atomic E-state index is 12.3. The molecule has 1 fully saturated rings. The first-order valence-electron chi connectivity index (χ1n) is 9.75. The Kier molecular flexibility index (Phi) is 5.21. The molecule has 1 aliphatic heterocycles. The molecule has 0 aliphatic carbocycles. The van der Waals surface area contributed by atoms with Crippen molar-refractivity contribution in [1.29, 1.82) is 0 Å². The van der Waals surface area contributed by atoms with E-state index in [1.165, 1.54) is 16.3 Å². The van der Waals surface area contributed by atoms with E-state index >= 15 is 0 Å². The number of likely N-dealkylation sites (tertiary alicyclic amines) is 1. The first kappa shape index (κ1) is 17.7. The van der Waals surface area contributed by atoms with E-state index in [1.807, 2.05) is 6.92 Å². The third-order valence-electron chi connectivity index (χ3n) is 5.40. The van der Waals surface area contributed by atoms with Crippen LogP contribution in [0.1, 0.15) is 25.3 Å². The molecule has 0 atom stereocenters. The van der Waals surface area contributed by atoms with E-state index in [2.05, 4.69) is 57.7 Å². The number of hydrogen-bond acceptors (Lipinski definition) is 4. The molecule has 0 saturated carbocycles. The zero-order valence-electron chi connectivity index (χ0n) is 15.8. The summed E-state index contributed by atoms with van der Waals surface area (Å²) in [6.45, 7) is 5.67. The molecule has 0 unspecified atom stereocenters. The van der Waals surface area contributed by atoms with Crippen LogP contribution in [0.4, 0.5) is 5.82 Å². The van der Waals surface area contributed by atoms with Crippen molar-refractivity contribution in [3.8, 4) is 0 Å². The Labute approximate surface area is 159 Å². The summed E-state index contributed by atoms with van der Waals surface area (Å²) in [4.78, 5) is 19.0. The topological polar surface area (TPSA) is 50.2 Å². The second kappa shape index (κ2) is 7.92. The van der Waals surface area contributed by atoms with Crippen molar-refractivity contribution >= 4 is 16.6 Å². The van der Waals surface area contributed by atoms with Crippen molar-refractivity contribution in [3.05, 3.63) is 70.8 Å². The number of benzene rings is 2. The molecule has 3 aromatic rings. The SMILES string of the molecule is CCn1ccnc(NC2CCN(Cc3ccc4ccccc4c3)CC2)c1=O. The summed E-state index contributed by atoms with van der Waals surface area (Å²) in [7, 11) is 0. The Bertz CT molecular complexity index is 973. The molecule has 140 valence electrons. The lowest BCUT2D eigenvalue weighted by atomic mass is 10.0. The maximum atomic E-state index is 12.3. The van der Waals surface area contributed by atoms with E-state index < -0.39 is 0 Å². The maximum Gasteiger partial charge on any atom is 0.293 e. The average molecular weight is 362 g/mol. The van der Waals surface area contributed by atoms with Crippen LogP contribution in [0.5, 0.6) is 0 Å². The van der Waals surface area contributed by atoms with Gasteiger partial charge in [-0.1, -0.05) is 36.4 Å². The van der Waals surface area contributed by atoms with Crippen molar-refractivity contribution in [2.75, 3.05) is 18.4 Å². The summed E-state index contributed by atoms with van der Waals surface area (Å²) in [6.07, 6.45) is 5.48. The second-order valence-corrected chi connectivity index (χ2v) is 7.24. The minimum Gasteiger partial charge on any atom is -0.363 e. The lowest BCUT2D eigenvalue weighted by Crippen LogP contribution is -2.40. The van der Waals surface area contributed by atoms with Gasteiger partial charge in [-0.3, -0.25) is 9.69 Å². The highest BCUT2D eigenvalue weighted by Gasteiger charge is 2.20. The molecule has 0 spiro atoms. The molecule has 27 heavy (non-hydrogen) atoms. The van der Waals surface area contributed by atoms with Gasteiger partial charge in [0.25, 0.3) is 5.56 Å². The number of anilines is 1. The van der Waals surface area contributed by atoms with Crippen LogP contribution < -0.4 is 10.9 Å². The lowest BCUT2D eigenvalue weighted by Gasteiger charge is -2.32. The fraction of sp³-hybridized carbons (Fsp3) is 0.364. The summed E-state index contributed by atoms with van der Waals surface area (Å²) in [5.41, 5.74) is 1.33. The van der Waals surface area contributed by atoms with Gasteiger partial charge in [0, 0.05) is 44.6 Å². The third kappa shape index (κ3) is 4.03. The highest BCUT2D eigenvalue weighted by Crippen LogP contribution is 2.19. The Morgan fingerprint density at radius 3 is 2.67 bits per heavy atom. The molecule has 2 aromatic carbocycles. The van der Waals surface area contributed by atoms with Gasteiger partial charge in [-0.2, -0.15) is 0 Å². The molecule has 4 rings (SSSR count). The van der Waals surface area contributed by atoms with Gasteiger partial charge in [-0.15, -0.1) is 0 Å². The largest absolute Gasteiger partial charge is 0.363 e.